The van der Waals surface area contributed by atoms with E-state index in [4.69, 9.17) is 16.3 Å². The first-order valence-electron chi connectivity index (χ1n) is 11.9. The predicted octanol–water partition coefficient (Wildman–Crippen LogP) is 3.79. The molecule has 2 heterocycles. The third kappa shape index (κ3) is 6.06. The molecule has 35 heavy (non-hydrogen) atoms. The summed E-state index contributed by atoms with van der Waals surface area (Å²) in [6.45, 7) is 3.63. The standard InChI is InChI=1S/C24H30ClN3O5S2/c1-2-33-24(30)22-19-6-4-3-5-7-20(19)34-23(22)26-21(29)16-27-12-14-28(15-13-27)35(31,32)18-10-8-17(25)9-11-18/h8-11H,2-7,12-16H2,1H3,(H,26,29). The lowest BCUT2D eigenvalue weighted by molar-refractivity contribution is -0.117. The Morgan fingerprint density at radius 2 is 1.74 bits per heavy atom. The van der Waals surface area contributed by atoms with Crippen LogP contribution in [0.3, 0.4) is 0 Å². The number of benzene rings is 1. The van der Waals surface area contributed by atoms with Gasteiger partial charge in [-0.05, 0) is 62.4 Å². The SMILES string of the molecule is CCOC(=O)c1c(NC(=O)CN2CCN(S(=O)(=O)c3ccc(Cl)cc3)CC2)sc2c1CCCCC2. The molecule has 11 heteroatoms. The van der Waals surface area contributed by atoms with E-state index >= 15 is 0 Å². The molecular weight excluding hydrogens is 510 g/mol. The van der Waals surface area contributed by atoms with Crippen LogP contribution in [0.2, 0.25) is 5.02 Å². The number of hydrogen-bond acceptors (Lipinski definition) is 7. The van der Waals surface area contributed by atoms with Gasteiger partial charge in [0.05, 0.1) is 23.6 Å². The third-order valence-electron chi connectivity index (χ3n) is 6.30. The number of thiophene rings is 1. The fourth-order valence-corrected chi connectivity index (χ4v) is 7.34. The molecule has 0 spiro atoms. The van der Waals surface area contributed by atoms with Crippen LogP contribution in [-0.2, 0) is 32.4 Å². The molecule has 1 aromatic heterocycles. The van der Waals surface area contributed by atoms with E-state index in [9.17, 15) is 18.0 Å². The van der Waals surface area contributed by atoms with Crippen molar-refractivity contribution in [2.24, 2.45) is 0 Å². The van der Waals surface area contributed by atoms with Crippen molar-refractivity contribution in [3.63, 3.8) is 0 Å². The van der Waals surface area contributed by atoms with Gasteiger partial charge in [-0.25, -0.2) is 13.2 Å². The van der Waals surface area contributed by atoms with E-state index in [1.54, 1.807) is 19.1 Å². The van der Waals surface area contributed by atoms with Crippen LogP contribution in [0.5, 0.6) is 0 Å². The number of carbonyl (C=O) groups excluding carboxylic acids is 2. The van der Waals surface area contributed by atoms with Crippen LogP contribution >= 0.6 is 22.9 Å². The number of amides is 1. The Kier molecular flexibility index (Phi) is 8.49. The van der Waals surface area contributed by atoms with E-state index in [1.807, 2.05) is 4.90 Å². The van der Waals surface area contributed by atoms with E-state index in [1.165, 1.54) is 27.8 Å². The Labute approximate surface area is 215 Å². The molecule has 8 nitrogen and oxygen atoms in total. The smallest absolute Gasteiger partial charge is 0.341 e. The lowest BCUT2D eigenvalue weighted by atomic mass is 10.1. The Hall–Kier alpha value is -1.98. The summed E-state index contributed by atoms with van der Waals surface area (Å²) in [6.07, 6.45) is 4.95. The second-order valence-corrected chi connectivity index (χ2v) is 12.2. The van der Waals surface area contributed by atoms with Gasteiger partial charge in [-0.15, -0.1) is 11.3 Å². The minimum Gasteiger partial charge on any atom is -0.462 e. The Morgan fingerprint density at radius 3 is 2.43 bits per heavy atom. The number of nitrogens with one attached hydrogen (secondary N) is 1. The van der Waals surface area contributed by atoms with Gasteiger partial charge in [-0.1, -0.05) is 18.0 Å². The van der Waals surface area contributed by atoms with Gasteiger partial charge < -0.3 is 10.1 Å². The van der Waals surface area contributed by atoms with E-state index < -0.39 is 10.0 Å². The van der Waals surface area contributed by atoms with Crippen molar-refractivity contribution in [3.8, 4) is 0 Å². The Morgan fingerprint density at radius 1 is 1.06 bits per heavy atom. The van der Waals surface area contributed by atoms with Crippen molar-refractivity contribution in [2.75, 3.05) is 44.6 Å². The molecule has 2 aliphatic rings. The molecule has 1 N–H and O–H groups in total. The van der Waals surface area contributed by atoms with Gasteiger partial charge >= 0.3 is 5.97 Å². The highest BCUT2D eigenvalue weighted by Crippen LogP contribution is 2.38. The number of halogens is 1. The van der Waals surface area contributed by atoms with Crippen molar-refractivity contribution in [2.45, 2.75) is 43.9 Å². The summed E-state index contributed by atoms with van der Waals surface area (Å²) in [6, 6.07) is 6.12. The molecule has 1 aliphatic carbocycles. The van der Waals surface area contributed by atoms with Gasteiger partial charge in [0, 0.05) is 36.1 Å². The molecule has 0 radical (unpaired) electrons. The van der Waals surface area contributed by atoms with Gasteiger partial charge in [0.1, 0.15) is 5.00 Å². The third-order valence-corrected chi connectivity index (χ3v) is 9.68. The first kappa shape index (κ1) is 26.1. The van der Waals surface area contributed by atoms with Crippen molar-refractivity contribution in [1.82, 2.24) is 9.21 Å². The first-order valence-corrected chi connectivity index (χ1v) is 14.5. The van der Waals surface area contributed by atoms with Gasteiger partial charge in [-0.3, -0.25) is 9.69 Å². The molecular formula is C24H30ClN3O5S2. The summed E-state index contributed by atoms with van der Waals surface area (Å²) in [4.78, 5) is 28.9. The zero-order valence-corrected chi connectivity index (χ0v) is 22.1. The van der Waals surface area contributed by atoms with Crippen LogP contribution in [0.1, 0.15) is 47.0 Å². The zero-order chi connectivity index (χ0) is 25.0. The van der Waals surface area contributed by atoms with Gasteiger partial charge in [0.2, 0.25) is 15.9 Å². The predicted molar refractivity (Wildman–Crippen MR) is 137 cm³/mol. The highest BCUT2D eigenvalue weighted by atomic mass is 35.5. The van der Waals surface area contributed by atoms with Crippen LogP contribution in [0, 0.1) is 0 Å². The maximum atomic E-state index is 12.9. The number of hydrogen-bond donors (Lipinski definition) is 1. The highest BCUT2D eigenvalue weighted by Gasteiger charge is 2.30. The fourth-order valence-electron chi connectivity index (χ4n) is 4.50. The summed E-state index contributed by atoms with van der Waals surface area (Å²) in [5.41, 5.74) is 1.52. The van der Waals surface area contributed by atoms with E-state index in [0.717, 1.165) is 42.5 Å². The summed E-state index contributed by atoms with van der Waals surface area (Å²) >= 11 is 7.35. The van der Waals surface area contributed by atoms with Crippen LogP contribution in [-0.4, -0.2) is 68.8 Å². The lowest BCUT2D eigenvalue weighted by Crippen LogP contribution is -2.50. The molecule has 0 atom stereocenters. The van der Waals surface area contributed by atoms with Crippen LogP contribution in [0.4, 0.5) is 5.00 Å². The Bertz CT molecular complexity index is 1170. The van der Waals surface area contributed by atoms with E-state index in [-0.39, 0.29) is 29.9 Å². The maximum absolute atomic E-state index is 12.9. The molecule has 0 bridgehead atoms. The highest BCUT2D eigenvalue weighted by molar-refractivity contribution is 7.89. The largest absolute Gasteiger partial charge is 0.462 e. The number of esters is 1. The molecule has 1 fully saturated rings. The number of sulfonamides is 1. The Balaban J connectivity index is 1.38. The van der Waals surface area contributed by atoms with Crippen molar-refractivity contribution < 1.29 is 22.7 Å². The van der Waals surface area contributed by atoms with Crippen molar-refractivity contribution in [1.29, 1.82) is 0 Å². The monoisotopic (exact) mass is 539 g/mol. The molecule has 0 unspecified atom stereocenters. The van der Waals surface area contributed by atoms with Gasteiger partial charge in [0.25, 0.3) is 0 Å². The molecule has 1 amide bonds. The zero-order valence-electron chi connectivity index (χ0n) is 19.7. The van der Waals surface area contributed by atoms with Crippen LogP contribution in [0.15, 0.2) is 29.2 Å². The number of carbonyl (C=O) groups is 2. The van der Waals surface area contributed by atoms with E-state index in [2.05, 4.69) is 5.32 Å². The molecule has 4 rings (SSSR count). The second kappa shape index (κ2) is 11.4. The van der Waals surface area contributed by atoms with Gasteiger partial charge in [-0.2, -0.15) is 4.31 Å². The minimum absolute atomic E-state index is 0.125. The quantitative estimate of drug-likeness (QED) is 0.425. The molecule has 1 aliphatic heterocycles. The summed E-state index contributed by atoms with van der Waals surface area (Å²) in [5, 5.41) is 3.98. The van der Waals surface area contributed by atoms with Gasteiger partial charge in [0.15, 0.2) is 0 Å². The summed E-state index contributed by atoms with van der Waals surface area (Å²) in [7, 11) is -3.61. The van der Waals surface area contributed by atoms with Crippen molar-refractivity contribution >= 4 is 49.8 Å². The number of nitrogens with zero attached hydrogens (tertiary/aromatic N) is 2. The minimum atomic E-state index is -3.61. The molecule has 1 saturated heterocycles. The second-order valence-electron chi connectivity index (χ2n) is 8.67. The lowest BCUT2D eigenvalue weighted by Gasteiger charge is -2.33. The number of aryl methyl sites for hydroxylation is 1. The number of rotatable bonds is 7. The number of piperazine rings is 1. The van der Waals surface area contributed by atoms with Crippen LogP contribution in [0.25, 0.3) is 0 Å². The first-order chi connectivity index (χ1) is 16.8. The molecule has 190 valence electrons. The number of ether oxygens (including phenoxy) is 1. The average molecular weight is 540 g/mol. The summed E-state index contributed by atoms with van der Waals surface area (Å²) < 4.78 is 32.5. The topological polar surface area (TPSA) is 96.0 Å². The fraction of sp³-hybridized carbons (Fsp3) is 0.500. The normalized spacial score (nSPS) is 17.4. The molecule has 0 saturated carbocycles. The van der Waals surface area contributed by atoms with E-state index in [0.29, 0.717) is 41.8 Å². The number of fused-ring (bicyclic) bond motifs is 1. The molecule has 2 aromatic rings. The summed E-state index contributed by atoms with van der Waals surface area (Å²) in [5.74, 6) is -0.607. The molecule has 1 aromatic carbocycles. The number of anilines is 1. The van der Waals surface area contributed by atoms with Crippen molar-refractivity contribution in [3.05, 3.63) is 45.3 Å². The van der Waals surface area contributed by atoms with Crippen LogP contribution < -0.4 is 5.32 Å². The average Bonchev–Trinajstić information content (AvgIpc) is 3.00. The maximum Gasteiger partial charge on any atom is 0.341 e.